The molecule has 0 saturated carbocycles. The highest BCUT2D eigenvalue weighted by molar-refractivity contribution is 5.18. The first-order valence-electron chi connectivity index (χ1n) is 6.39. The summed E-state index contributed by atoms with van der Waals surface area (Å²) in [5, 5.41) is 0. The van der Waals surface area contributed by atoms with E-state index in [-0.39, 0.29) is 0 Å². The van der Waals surface area contributed by atoms with Gasteiger partial charge < -0.3 is 0 Å². The summed E-state index contributed by atoms with van der Waals surface area (Å²) in [7, 11) is 2.28. The fourth-order valence-corrected chi connectivity index (χ4v) is 2.93. The van der Waals surface area contributed by atoms with Crippen molar-refractivity contribution in [1.82, 2.24) is 4.90 Å². The Bertz CT molecular complexity index is 333. The molecular weight excluding hydrogens is 194 g/mol. The highest BCUT2D eigenvalue weighted by Crippen LogP contribution is 2.33. The Hall–Kier alpha value is -0.820. The van der Waals surface area contributed by atoms with E-state index < -0.39 is 0 Å². The smallest absolute Gasteiger partial charge is 0.0221 e. The fraction of sp³-hybridized carbons (Fsp3) is 0.600. The molecule has 0 bridgehead atoms. The maximum atomic E-state index is 2.57. The summed E-state index contributed by atoms with van der Waals surface area (Å²) in [6.45, 7) is 4.76. The van der Waals surface area contributed by atoms with E-state index in [2.05, 4.69) is 56.1 Å². The number of nitrogens with zero attached hydrogens (tertiary/aromatic N) is 1. The van der Waals surface area contributed by atoms with Gasteiger partial charge >= 0.3 is 0 Å². The minimum absolute atomic E-state index is 0.346. The van der Waals surface area contributed by atoms with E-state index in [9.17, 15) is 0 Å². The number of likely N-dealkylation sites (tertiary alicyclic amines) is 1. The molecule has 1 aliphatic heterocycles. The molecule has 0 amide bonds. The van der Waals surface area contributed by atoms with E-state index in [1.807, 2.05) is 0 Å². The second-order valence-electron chi connectivity index (χ2n) is 5.51. The monoisotopic (exact) mass is 217 g/mol. The van der Waals surface area contributed by atoms with Crippen LogP contribution in [0.3, 0.4) is 0 Å². The van der Waals surface area contributed by atoms with Crippen molar-refractivity contribution in [2.75, 3.05) is 7.05 Å². The van der Waals surface area contributed by atoms with Crippen molar-refractivity contribution in [1.29, 1.82) is 0 Å². The maximum Gasteiger partial charge on any atom is 0.0221 e. The van der Waals surface area contributed by atoms with Crippen LogP contribution in [0.1, 0.15) is 38.7 Å². The number of piperidine rings is 1. The highest BCUT2D eigenvalue weighted by atomic mass is 15.2. The van der Waals surface area contributed by atoms with E-state index in [0.29, 0.717) is 5.54 Å². The molecule has 1 saturated heterocycles. The average molecular weight is 217 g/mol. The Morgan fingerprint density at radius 1 is 1.31 bits per heavy atom. The molecule has 88 valence electrons. The highest BCUT2D eigenvalue weighted by Gasteiger charge is 2.35. The fourth-order valence-electron chi connectivity index (χ4n) is 2.93. The molecule has 1 aromatic carbocycles. The molecule has 1 fully saturated rings. The summed E-state index contributed by atoms with van der Waals surface area (Å²) in [6, 6.07) is 11.6. The lowest BCUT2D eigenvalue weighted by Gasteiger charge is -2.47. The van der Waals surface area contributed by atoms with Gasteiger partial charge in [0.1, 0.15) is 0 Å². The molecule has 1 heteroatoms. The zero-order valence-corrected chi connectivity index (χ0v) is 10.7. The number of hydrogen-bond donors (Lipinski definition) is 0. The Labute approximate surface area is 99.5 Å². The molecule has 1 nitrogen and oxygen atoms in total. The Kier molecular flexibility index (Phi) is 3.34. The van der Waals surface area contributed by atoms with E-state index in [1.54, 1.807) is 0 Å². The second kappa shape index (κ2) is 4.58. The molecule has 1 aromatic rings. The predicted octanol–water partition coefficient (Wildman–Crippen LogP) is 3.49. The first-order chi connectivity index (χ1) is 7.62. The second-order valence-corrected chi connectivity index (χ2v) is 5.51. The van der Waals surface area contributed by atoms with Gasteiger partial charge in [0, 0.05) is 11.6 Å². The van der Waals surface area contributed by atoms with Crippen LogP contribution in [-0.2, 0) is 6.42 Å². The molecule has 2 rings (SSSR count). The van der Waals surface area contributed by atoms with Crippen LogP contribution in [0.25, 0.3) is 0 Å². The van der Waals surface area contributed by atoms with Crippen molar-refractivity contribution in [3.8, 4) is 0 Å². The van der Waals surface area contributed by atoms with Crippen molar-refractivity contribution < 1.29 is 0 Å². The molecule has 2 atom stereocenters. The van der Waals surface area contributed by atoms with Crippen LogP contribution in [0.15, 0.2) is 30.3 Å². The van der Waals surface area contributed by atoms with Crippen LogP contribution >= 0.6 is 0 Å². The molecule has 0 radical (unpaired) electrons. The molecule has 2 unspecified atom stereocenters. The lowest BCUT2D eigenvalue weighted by molar-refractivity contribution is 0.0452. The minimum Gasteiger partial charge on any atom is -0.298 e. The Morgan fingerprint density at radius 2 is 2.00 bits per heavy atom. The van der Waals surface area contributed by atoms with Gasteiger partial charge in [-0.05, 0) is 45.7 Å². The van der Waals surface area contributed by atoms with Crippen LogP contribution in [0.4, 0.5) is 0 Å². The third kappa shape index (κ3) is 2.30. The maximum absolute atomic E-state index is 2.57. The summed E-state index contributed by atoms with van der Waals surface area (Å²) >= 11 is 0. The summed E-state index contributed by atoms with van der Waals surface area (Å²) in [6.07, 6.45) is 5.22. The quantitative estimate of drug-likeness (QED) is 0.733. The topological polar surface area (TPSA) is 3.24 Å². The zero-order chi connectivity index (χ0) is 11.6. The van der Waals surface area contributed by atoms with E-state index in [4.69, 9.17) is 0 Å². The van der Waals surface area contributed by atoms with Crippen molar-refractivity contribution in [2.45, 2.75) is 51.1 Å². The van der Waals surface area contributed by atoms with Crippen LogP contribution in [0.2, 0.25) is 0 Å². The molecule has 0 aromatic heterocycles. The van der Waals surface area contributed by atoms with Gasteiger partial charge in [-0.3, -0.25) is 4.90 Å². The molecule has 0 N–H and O–H groups in total. The molecular formula is C15H23N. The summed E-state index contributed by atoms with van der Waals surface area (Å²) in [4.78, 5) is 2.57. The zero-order valence-electron chi connectivity index (χ0n) is 10.7. The predicted molar refractivity (Wildman–Crippen MR) is 69.6 cm³/mol. The lowest BCUT2D eigenvalue weighted by Crippen LogP contribution is -2.52. The normalized spacial score (nSPS) is 31.6. The minimum atomic E-state index is 0.346. The van der Waals surface area contributed by atoms with Gasteiger partial charge in [-0.25, -0.2) is 0 Å². The van der Waals surface area contributed by atoms with Gasteiger partial charge in [0.25, 0.3) is 0 Å². The summed E-state index contributed by atoms with van der Waals surface area (Å²) < 4.78 is 0. The third-order valence-corrected chi connectivity index (χ3v) is 4.28. The first kappa shape index (κ1) is 11.7. The molecule has 0 spiro atoms. The van der Waals surface area contributed by atoms with Gasteiger partial charge in [0.15, 0.2) is 0 Å². The SMILES string of the molecule is CC1CCCC(C)(Cc2ccccc2)N1C. The third-order valence-electron chi connectivity index (χ3n) is 4.28. The van der Waals surface area contributed by atoms with Crippen LogP contribution in [-0.4, -0.2) is 23.5 Å². The van der Waals surface area contributed by atoms with Crippen molar-refractivity contribution in [2.24, 2.45) is 0 Å². The molecule has 1 heterocycles. The largest absolute Gasteiger partial charge is 0.298 e. The Balaban J connectivity index is 2.13. The standard InChI is InChI=1S/C15H23N/c1-13-8-7-11-15(2,16(13)3)12-14-9-5-4-6-10-14/h4-6,9-10,13H,7-8,11-12H2,1-3H3. The van der Waals surface area contributed by atoms with Crippen molar-refractivity contribution in [3.63, 3.8) is 0 Å². The van der Waals surface area contributed by atoms with E-state index in [1.165, 1.54) is 31.2 Å². The van der Waals surface area contributed by atoms with Crippen LogP contribution in [0, 0.1) is 0 Å². The van der Waals surface area contributed by atoms with Gasteiger partial charge in [0.2, 0.25) is 0 Å². The number of likely N-dealkylation sites (N-methyl/N-ethyl adjacent to an activating group) is 1. The first-order valence-corrected chi connectivity index (χ1v) is 6.39. The van der Waals surface area contributed by atoms with E-state index in [0.717, 1.165) is 6.04 Å². The summed E-state index contributed by atoms with van der Waals surface area (Å²) in [5.41, 5.74) is 1.81. The van der Waals surface area contributed by atoms with Gasteiger partial charge in [0.05, 0.1) is 0 Å². The van der Waals surface area contributed by atoms with Gasteiger partial charge in [-0.2, -0.15) is 0 Å². The van der Waals surface area contributed by atoms with Gasteiger partial charge in [-0.1, -0.05) is 36.8 Å². The summed E-state index contributed by atoms with van der Waals surface area (Å²) in [5.74, 6) is 0. The van der Waals surface area contributed by atoms with E-state index >= 15 is 0 Å². The molecule has 16 heavy (non-hydrogen) atoms. The molecule has 0 aliphatic carbocycles. The van der Waals surface area contributed by atoms with Crippen molar-refractivity contribution >= 4 is 0 Å². The van der Waals surface area contributed by atoms with Gasteiger partial charge in [-0.15, -0.1) is 0 Å². The average Bonchev–Trinajstić information content (AvgIpc) is 2.27. The Morgan fingerprint density at radius 3 is 2.69 bits per heavy atom. The number of rotatable bonds is 2. The lowest BCUT2D eigenvalue weighted by atomic mass is 9.81. The van der Waals surface area contributed by atoms with Crippen LogP contribution < -0.4 is 0 Å². The number of hydrogen-bond acceptors (Lipinski definition) is 1. The molecule has 1 aliphatic rings. The number of benzene rings is 1. The van der Waals surface area contributed by atoms with Crippen molar-refractivity contribution in [3.05, 3.63) is 35.9 Å². The van der Waals surface area contributed by atoms with Crippen LogP contribution in [0.5, 0.6) is 0 Å².